The van der Waals surface area contributed by atoms with Crippen LogP contribution in [0.15, 0.2) is 71.3 Å². The van der Waals surface area contributed by atoms with Crippen molar-refractivity contribution in [1.29, 1.82) is 0 Å². The van der Waals surface area contributed by atoms with Gasteiger partial charge in [0.25, 0.3) is 0 Å². The van der Waals surface area contributed by atoms with Gasteiger partial charge in [0, 0.05) is 18.1 Å². The van der Waals surface area contributed by atoms with E-state index < -0.39 is 0 Å². The van der Waals surface area contributed by atoms with Crippen molar-refractivity contribution in [1.82, 2.24) is 10.1 Å². The van der Waals surface area contributed by atoms with Gasteiger partial charge in [-0.25, -0.2) is 0 Å². The Morgan fingerprint density at radius 3 is 2.37 bits per heavy atom. The molecule has 0 unspecified atom stereocenters. The summed E-state index contributed by atoms with van der Waals surface area (Å²) in [6.45, 7) is 2.11. The minimum absolute atomic E-state index is 0.382. The Balaban J connectivity index is 1.85. The summed E-state index contributed by atoms with van der Waals surface area (Å²) in [5, 5.41) is 4.06. The van der Waals surface area contributed by atoms with Crippen molar-refractivity contribution in [2.75, 3.05) is 7.11 Å². The van der Waals surface area contributed by atoms with Crippen LogP contribution in [-0.4, -0.2) is 23.5 Å². The summed E-state index contributed by atoms with van der Waals surface area (Å²) in [5.41, 5.74) is 3.77. The Morgan fingerprint density at radius 2 is 1.67 bits per heavy atom. The van der Waals surface area contributed by atoms with Crippen molar-refractivity contribution < 1.29 is 18.8 Å². The molecule has 0 atom stereocenters. The lowest BCUT2D eigenvalue weighted by atomic mass is 9.94. The summed E-state index contributed by atoms with van der Waals surface area (Å²) in [4.78, 5) is 16.0. The Kier molecular flexibility index (Phi) is 5.57. The average Bonchev–Trinajstić information content (AvgIpc) is 3.23. The third-order valence-electron chi connectivity index (χ3n) is 4.69. The van der Waals surface area contributed by atoms with Crippen LogP contribution < -0.4 is 9.47 Å². The molecule has 4 aromatic rings. The summed E-state index contributed by atoms with van der Waals surface area (Å²) >= 11 is 0. The van der Waals surface area contributed by atoms with Crippen LogP contribution in [0.5, 0.6) is 11.5 Å². The third kappa shape index (κ3) is 3.93. The summed E-state index contributed by atoms with van der Waals surface area (Å²) in [6.07, 6.45) is 0.829. The van der Waals surface area contributed by atoms with E-state index in [2.05, 4.69) is 10.1 Å². The highest BCUT2D eigenvalue weighted by molar-refractivity contribution is 5.93. The van der Waals surface area contributed by atoms with Crippen LogP contribution in [0.4, 0.5) is 0 Å². The maximum atomic E-state index is 11.7. The highest BCUT2D eigenvalue weighted by Gasteiger charge is 2.20. The predicted octanol–water partition coefficient (Wildman–Crippen LogP) is 5.11. The summed E-state index contributed by atoms with van der Waals surface area (Å²) in [5.74, 6) is 1.95. The van der Waals surface area contributed by atoms with E-state index in [0.717, 1.165) is 23.0 Å². The van der Waals surface area contributed by atoms with Gasteiger partial charge < -0.3 is 14.0 Å². The fourth-order valence-electron chi connectivity index (χ4n) is 3.23. The van der Waals surface area contributed by atoms with Gasteiger partial charge in [0.05, 0.1) is 7.11 Å². The molecule has 0 fully saturated rings. The maximum Gasteiger partial charge on any atom is 0.223 e. The molecule has 0 amide bonds. The third-order valence-corrected chi connectivity index (χ3v) is 4.69. The molecule has 0 aliphatic rings. The predicted molar refractivity (Wildman–Crippen MR) is 113 cm³/mol. The number of carbonyl (C=O) groups excluding carboxylic acids is 1. The molecule has 150 valence electrons. The van der Waals surface area contributed by atoms with Gasteiger partial charge in [-0.05, 0) is 28.8 Å². The second-order valence-electron chi connectivity index (χ2n) is 6.67. The lowest BCUT2D eigenvalue weighted by Gasteiger charge is -2.16. The molecule has 0 N–H and O–H groups in total. The van der Waals surface area contributed by atoms with Crippen LogP contribution in [-0.2, 0) is 6.61 Å². The quantitative estimate of drug-likeness (QED) is 0.401. The first kappa shape index (κ1) is 19.4. The van der Waals surface area contributed by atoms with Gasteiger partial charge in [-0.2, -0.15) is 4.98 Å². The molecule has 0 radical (unpaired) electrons. The van der Waals surface area contributed by atoms with Crippen molar-refractivity contribution in [3.05, 3.63) is 83.7 Å². The van der Waals surface area contributed by atoms with Crippen LogP contribution >= 0.6 is 0 Å². The van der Waals surface area contributed by atoms with E-state index in [1.165, 1.54) is 0 Å². The number of ether oxygens (including phenoxy) is 2. The maximum absolute atomic E-state index is 11.7. The molecular weight excluding hydrogens is 380 g/mol. The summed E-state index contributed by atoms with van der Waals surface area (Å²) < 4.78 is 16.8. The van der Waals surface area contributed by atoms with Crippen LogP contribution in [0.2, 0.25) is 0 Å². The monoisotopic (exact) mass is 400 g/mol. The van der Waals surface area contributed by atoms with Crippen molar-refractivity contribution in [2.24, 2.45) is 0 Å². The molecule has 6 heteroatoms. The highest BCUT2D eigenvalue weighted by atomic mass is 16.5. The van der Waals surface area contributed by atoms with Crippen LogP contribution in [0, 0.1) is 6.92 Å². The van der Waals surface area contributed by atoms with Crippen molar-refractivity contribution in [3.8, 4) is 34.0 Å². The number of carbonyl (C=O) groups is 1. The lowest BCUT2D eigenvalue weighted by Crippen LogP contribution is -2.00. The van der Waals surface area contributed by atoms with Gasteiger partial charge in [0.15, 0.2) is 17.8 Å². The lowest BCUT2D eigenvalue weighted by molar-refractivity contribution is 0.112. The van der Waals surface area contributed by atoms with Crippen molar-refractivity contribution >= 4 is 6.29 Å². The second-order valence-corrected chi connectivity index (χ2v) is 6.67. The number of hydrogen-bond donors (Lipinski definition) is 0. The molecule has 0 aliphatic heterocycles. The molecule has 1 aromatic heterocycles. The molecule has 6 nitrogen and oxygen atoms in total. The van der Waals surface area contributed by atoms with Gasteiger partial charge in [0.1, 0.15) is 6.61 Å². The second kappa shape index (κ2) is 8.61. The first-order valence-corrected chi connectivity index (χ1v) is 9.43. The van der Waals surface area contributed by atoms with E-state index in [9.17, 15) is 4.79 Å². The van der Waals surface area contributed by atoms with Gasteiger partial charge >= 0.3 is 0 Å². The minimum atomic E-state index is 0.382. The highest BCUT2D eigenvalue weighted by Crippen LogP contribution is 2.41. The molecule has 30 heavy (non-hydrogen) atoms. The molecule has 0 saturated carbocycles. The summed E-state index contributed by atoms with van der Waals surface area (Å²) in [6, 6.07) is 20.9. The van der Waals surface area contributed by atoms with Gasteiger partial charge in [-0.15, -0.1) is 0 Å². The number of aldehydes is 1. The minimum Gasteiger partial charge on any atom is -0.493 e. The zero-order chi connectivity index (χ0) is 20.9. The zero-order valence-electron chi connectivity index (χ0n) is 16.7. The molecule has 0 bridgehead atoms. The number of hydrogen-bond acceptors (Lipinski definition) is 6. The first-order valence-electron chi connectivity index (χ1n) is 9.43. The summed E-state index contributed by atoms with van der Waals surface area (Å²) in [7, 11) is 1.58. The topological polar surface area (TPSA) is 74.5 Å². The van der Waals surface area contributed by atoms with Gasteiger partial charge in [0.2, 0.25) is 11.7 Å². The van der Waals surface area contributed by atoms with Crippen molar-refractivity contribution in [2.45, 2.75) is 13.5 Å². The van der Waals surface area contributed by atoms with Crippen LogP contribution in [0.25, 0.3) is 22.5 Å². The molecule has 3 aromatic carbocycles. The van der Waals surface area contributed by atoms with E-state index in [1.54, 1.807) is 20.1 Å². The molecule has 1 heterocycles. The average molecular weight is 400 g/mol. The van der Waals surface area contributed by atoms with E-state index in [0.29, 0.717) is 40.9 Å². The number of benzene rings is 3. The SMILES string of the molecule is COc1cc(-c2noc(C)n2)c(-c2ccccc2C=O)cc1OCc1ccccc1. The van der Waals surface area contributed by atoms with E-state index in [-0.39, 0.29) is 0 Å². The standard InChI is InChI=1S/C24H20N2O4/c1-16-25-24(26-30-16)21-13-22(28-2)23(29-15-17-8-4-3-5-9-17)12-20(21)19-11-7-6-10-18(19)14-27/h3-14H,15H2,1-2H3. The Hall–Kier alpha value is -3.93. The molecular formula is C24H20N2O4. The number of aryl methyl sites for hydroxylation is 1. The Bertz CT molecular complexity index is 1170. The van der Waals surface area contributed by atoms with Crippen molar-refractivity contribution in [3.63, 3.8) is 0 Å². The number of aromatic nitrogens is 2. The Morgan fingerprint density at radius 1 is 0.933 bits per heavy atom. The Labute approximate surface area is 174 Å². The molecule has 0 aliphatic carbocycles. The number of rotatable bonds is 7. The number of methoxy groups -OCH3 is 1. The first-order chi connectivity index (χ1) is 14.7. The zero-order valence-corrected chi connectivity index (χ0v) is 16.7. The van der Waals surface area contributed by atoms with E-state index in [4.69, 9.17) is 14.0 Å². The largest absolute Gasteiger partial charge is 0.493 e. The van der Waals surface area contributed by atoms with Gasteiger partial charge in [-0.3, -0.25) is 4.79 Å². The number of nitrogens with zero attached hydrogens (tertiary/aromatic N) is 2. The smallest absolute Gasteiger partial charge is 0.223 e. The molecule has 0 saturated heterocycles. The van der Waals surface area contributed by atoms with Gasteiger partial charge in [-0.1, -0.05) is 59.8 Å². The fraction of sp³-hybridized carbons (Fsp3) is 0.125. The molecule has 4 rings (SSSR count). The van der Waals surface area contributed by atoms with E-state index in [1.807, 2.05) is 60.7 Å². The molecule has 0 spiro atoms. The van der Waals surface area contributed by atoms with Crippen LogP contribution in [0.3, 0.4) is 0 Å². The van der Waals surface area contributed by atoms with Crippen LogP contribution in [0.1, 0.15) is 21.8 Å². The normalized spacial score (nSPS) is 10.6. The van der Waals surface area contributed by atoms with E-state index >= 15 is 0 Å². The fourth-order valence-corrected chi connectivity index (χ4v) is 3.23.